The van der Waals surface area contributed by atoms with Crippen molar-refractivity contribution in [1.82, 2.24) is 9.97 Å². The van der Waals surface area contributed by atoms with Crippen molar-refractivity contribution in [3.8, 4) is 6.07 Å². The molecule has 0 spiro atoms. The van der Waals surface area contributed by atoms with Gasteiger partial charge in [-0.3, -0.25) is 4.98 Å². The highest BCUT2D eigenvalue weighted by Crippen LogP contribution is 2.30. The summed E-state index contributed by atoms with van der Waals surface area (Å²) >= 11 is 1.47. The Morgan fingerprint density at radius 2 is 2.10 bits per heavy atom. The van der Waals surface area contributed by atoms with Crippen LogP contribution in [0.1, 0.15) is 16.5 Å². The van der Waals surface area contributed by atoms with Gasteiger partial charge in [0.05, 0.1) is 6.07 Å². The number of hydrogen-bond donors (Lipinski definition) is 2. The van der Waals surface area contributed by atoms with Crippen LogP contribution >= 0.6 is 11.3 Å². The van der Waals surface area contributed by atoms with Gasteiger partial charge in [-0.1, -0.05) is 6.07 Å². The molecular formula is C15H13N5S. The number of aromatic nitrogens is 2. The normalized spacial score (nSPS) is 12.0. The highest BCUT2D eigenvalue weighted by atomic mass is 32.1. The first-order chi connectivity index (χ1) is 10.2. The fourth-order valence-electron chi connectivity index (χ4n) is 2.05. The first-order valence-corrected chi connectivity index (χ1v) is 7.22. The number of fused-ring (bicyclic) bond motifs is 1. The molecule has 0 bridgehead atoms. The lowest BCUT2D eigenvalue weighted by Crippen LogP contribution is -2.08. The summed E-state index contributed by atoms with van der Waals surface area (Å²) in [5.74, 6) is 0. The summed E-state index contributed by atoms with van der Waals surface area (Å²) in [6.45, 7) is 1.98. The molecule has 0 aliphatic rings. The minimum absolute atomic E-state index is 0.452. The molecule has 0 fully saturated rings. The molecule has 1 aromatic carbocycles. The standard InChI is InChI=1S/C15H13N5S/c1-9-2-3-10(17)6-11(9)20-13(8-16)14-7-12-15(21-14)19-5-4-18-12/h2-7,13,20H,17H2,1H3. The van der Waals surface area contributed by atoms with Crippen molar-refractivity contribution in [3.05, 3.63) is 47.1 Å². The van der Waals surface area contributed by atoms with E-state index < -0.39 is 6.04 Å². The molecule has 1 atom stereocenters. The van der Waals surface area contributed by atoms with E-state index in [1.165, 1.54) is 11.3 Å². The van der Waals surface area contributed by atoms with Crippen molar-refractivity contribution in [1.29, 1.82) is 5.26 Å². The van der Waals surface area contributed by atoms with Crippen LogP contribution in [-0.2, 0) is 0 Å². The zero-order valence-electron chi connectivity index (χ0n) is 11.4. The Kier molecular flexibility index (Phi) is 3.42. The lowest BCUT2D eigenvalue weighted by Gasteiger charge is -2.14. The van der Waals surface area contributed by atoms with Gasteiger partial charge in [-0.25, -0.2) is 4.98 Å². The van der Waals surface area contributed by atoms with Crippen molar-refractivity contribution >= 4 is 33.1 Å². The van der Waals surface area contributed by atoms with Gasteiger partial charge < -0.3 is 11.1 Å². The first kappa shape index (κ1) is 13.3. The maximum Gasteiger partial charge on any atom is 0.149 e. The molecule has 5 nitrogen and oxygen atoms in total. The lowest BCUT2D eigenvalue weighted by molar-refractivity contribution is 1.02. The number of nitrogens with two attached hydrogens (primary N) is 1. The van der Waals surface area contributed by atoms with E-state index in [1.807, 2.05) is 31.2 Å². The third kappa shape index (κ3) is 2.64. The average molecular weight is 295 g/mol. The summed E-state index contributed by atoms with van der Waals surface area (Å²) in [7, 11) is 0. The maximum absolute atomic E-state index is 9.45. The Morgan fingerprint density at radius 1 is 1.29 bits per heavy atom. The smallest absolute Gasteiger partial charge is 0.149 e. The number of rotatable bonds is 3. The van der Waals surface area contributed by atoms with Gasteiger partial charge in [0.1, 0.15) is 16.4 Å². The van der Waals surface area contributed by atoms with Gasteiger partial charge in [0.15, 0.2) is 0 Å². The molecule has 3 rings (SSSR count). The van der Waals surface area contributed by atoms with Gasteiger partial charge >= 0.3 is 0 Å². The lowest BCUT2D eigenvalue weighted by atomic mass is 10.1. The van der Waals surface area contributed by atoms with Crippen LogP contribution in [0.3, 0.4) is 0 Å². The van der Waals surface area contributed by atoms with Crippen molar-refractivity contribution in [3.63, 3.8) is 0 Å². The second-order valence-corrected chi connectivity index (χ2v) is 5.74. The number of thiophene rings is 1. The number of nitriles is 1. The van der Waals surface area contributed by atoms with Gasteiger partial charge in [0, 0.05) is 28.6 Å². The Bertz CT molecular complexity index is 800. The number of nitrogens with zero attached hydrogens (tertiary/aromatic N) is 3. The number of aryl methyl sites for hydroxylation is 1. The van der Waals surface area contributed by atoms with E-state index in [9.17, 15) is 5.26 Å². The minimum atomic E-state index is -0.452. The topological polar surface area (TPSA) is 87.6 Å². The van der Waals surface area contributed by atoms with Gasteiger partial charge in [0.25, 0.3) is 0 Å². The van der Waals surface area contributed by atoms with Crippen LogP contribution in [0.5, 0.6) is 0 Å². The van der Waals surface area contributed by atoms with Crippen molar-refractivity contribution in [2.45, 2.75) is 13.0 Å². The SMILES string of the molecule is Cc1ccc(N)cc1NC(C#N)c1cc2nccnc2s1. The van der Waals surface area contributed by atoms with Gasteiger partial charge in [-0.2, -0.15) is 5.26 Å². The number of nitrogen functional groups attached to an aromatic ring is 1. The van der Waals surface area contributed by atoms with E-state index in [0.717, 1.165) is 26.5 Å². The van der Waals surface area contributed by atoms with Gasteiger partial charge in [-0.05, 0) is 30.7 Å². The van der Waals surface area contributed by atoms with Crippen LogP contribution < -0.4 is 11.1 Å². The predicted molar refractivity (Wildman–Crippen MR) is 85.0 cm³/mol. The molecule has 3 aromatic rings. The Balaban J connectivity index is 1.95. The minimum Gasteiger partial charge on any atom is -0.399 e. The highest BCUT2D eigenvalue weighted by molar-refractivity contribution is 7.18. The van der Waals surface area contributed by atoms with Crippen LogP contribution in [0.15, 0.2) is 36.7 Å². The third-order valence-electron chi connectivity index (χ3n) is 3.16. The molecule has 3 N–H and O–H groups in total. The summed E-state index contributed by atoms with van der Waals surface area (Å²) in [4.78, 5) is 10.2. The van der Waals surface area contributed by atoms with Crippen molar-refractivity contribution < 1.29 is 0 Å². The van der Waals surface area contributed by atoms with E-state index in [4.69, 9.17) is 5.73 Å². The third-order valence-corrected chi connectivity index (χ3v) is 4.26. The van der Waals surface area contributed by atoms with E-state index in [2.05, 4.69) is 21.4 Å². The molecule has 0 saturated carbocycles. The average Bonchev–Trinajstić information content (AvgIpc) is 2.91. The molecule has 104 valence electrons. The number of nitrogens with one attached hydrogen (secondary N) is 1. The zero-order valence-corrected chi connectivity index (χ0v) is 12.2. The second-order valence-electron chi connectivity index (χ2n) is 4.68. The number of benzene rings is 1. The van der Waals surface area contributed by atoms with Crippen molar-refractivity contribution in [2.75, 3.05) is 11.1 Å². The molecular weight excluding hydrogens is 282 g/mol. The monoisotopic (exact) mass is 295 g/mol. The van der Waals surface area contributed by atoms with Gasteiger partial charge in [-0.15, -0.1) is 11.3 Å². The summed E-state index contributed by atoms with van der Waals surface area (Å²) in [5, 5.41) is 12.7. The van der Waals surface area contributed by atoms with Crippen LogP contribution in [0.4, 0.5) is 11.4 Å². The molecule has 0 saturated heterocycles. The fourth-order valence-corrected chi connectivity index (χ4v) is 3.00. The summed E-state index contributed by atoms with van der Waals surface area (Å²) < 4.78 is 0. The van der Waals surface area contributed by atoms with Crippen LogP contribution in [0, 0.1) is 18.3 Å². The Labute approximate surface area is 126 Å². The molecule has 21 heavy (non-hydrogen) atoms. The van der Waals surface area contributed by atoms with E-state index in [0.29, 0.717) is 5.69 Å². The molecule has 0 aliphatic carbocycles. The van der Waals surface area contributed by atoms with Crippen LogP contribution in [0.2, 0.25) is 0 Å². The maximum atomic E-state index is 9.45. The van der Waals surface area contributed by atoms with Crippen LogP contribution in [0.25, 0.3) is 10.3 Å². The molecule has 0 aliphatic heterocycles. The summed E-state index contributed by atoms with van der Waals surface area (Å²) in [6.07, 6.45) is 3.30. The largest absolute Gasteiger partial charge is 0.399 e. The second kappa shape index (κ2) is 5.38. The molecule has 2 heterocycles. The van der Waals surface area contributed by atoms with E-state index >= 15 is 0 Å². The summed E-state index contributed by atoms with van der Waals surface area (Å²) in [6, 6.07) is 9.33. The summed E-state index contributed by atoms with van der Waals surface area (Å²) in [5.41, 5.74) is 9.18. The van der Waals surface area contributed by atoms with Crippen molar-refractivity contribution in [2.24, 2.45) is 0 Å². The Morgan fingerprint density at radius 3 is 2.86 bits per heavy atom. The molecule has 6 heteroatoms. The van der Waals surface area contributed by atoms with Gasteiger partial charge in [0.2, 0.25) is 0 Å². The quantitative estimate of drug-likeness (QED) is 0.724. The molecule has 0 radical (unpaired) electrons. The van der Waals surface area contributed by atoms with Crippen LogP contribution in [-0.4, -0.2) is 9.97 Å². The molecule has 0 amide bonds. The molecule has 2 aromatic heterocycles. The Hall–Kier alpha value is -2.65. The fraction of sp³-hybridized carbons (Fsp3) is 0.133. The molecule has 1 unspecified atom stereocenters. The van der Waals surface area contributed by atoms with E-state index in [-0.39, 0.29) is 0 Å². The highest BCUT2D eigenvalue weighted by Gasteiger charge is 2.15. The predicted octanol–water partition coefficient (Wildman–Crippen LogP) is 3.26. The number of hydrogen-bond acceptors (Lipinski definition) is 6. The first-order valence-electron chi connectivity index (χ1n) is 6.40. The number of anilines is 2. The van der Waals surface area contributed by atoms with E-state index in [1.54, 1.807) is 12.4 Å². The zero-order chi connectivity index (χ0) is 14.8.